The average Bonchev–Trinajstić information content (AvgIpc) is 3.87. The maximum Gasteiger partial charge on any atom is 0.290 e. The average molecular weight is 695 g/mol. The highest BCUT2D eigenvalue weighted by molar-refractivity contribution is 5.84. The Balaban J connectivity index is 0.00000144. The SMILES string of the molecule is Cn1nnc([C@H]2O[C@@H](n3cnc4c(NCC(c5ccccc5)c5ccccc5)nc(N(CO)CCc5ccccc5)nc43)[C@H](O)[C@@H]2O)n1.O=CO. The summed E-state index contributed by atoms with van der Waals surface area (Å²) in [5.41, 5.74) is 4.15. The van der Waals surface area contributed by atoms with Gasteiger partial charge in [0.15, 0.2) is 29.3 Å². The molecule has 0 unspecified atom stereocenters. The van der Waals surface area contributed by atoms with Crippen LogP contribution in [0.2, 0.25) is 0 Å². The van der Waals surface area contributed by atoms with Crippen molar-refractivity contribution in [2.45, 2.75) is 36.9 Å². The Kier molecular flexibility index (Phi) is 11.2. The summed E-state index contributed by atoms with van der Waals surface area (Å²) in [6, 6.07) is 30.4. The summed E-state index contributed by atoms with van der Waals surface area (Å²) in [6.45, 7) is 0.347. The Bertz CT molecular complexity index is 1960. The molecule has 3 aromatic carbocycles. The van der Waals surface area contributed by atoms with Crippen LogP contribution >= 0.6 is 0 Å². The number of carboxylic acid groups (broad SMARTS) is 1. The van der Waals surface area contributed by atoms with Crippen molar-refractivity contribution in [3.05, 3.63) is 120 Å². The van der Waals surface area contributed by atoms with Crippen LogP contribution in [-0.4, -0.2) is 98.7 Å². The van der Waals surface area contributed by atoms with Gasteiger partial charge in [-0.1, -0.05) is 91.0 Å². The third kappa shape index (κ3) is 7.84. The molecule has 0 radical (unpaired) electrons. The highest BCUT2D eigenvalue weighted by atomic mass is 16.6. The lowest BCUT2D eigenvalue weighted by atomic mass is 9.91. The summed E-state index contributed by atoms with van der Waals surface area (Å²) in [5.74, 6) is 0.851. The maximum atomic E-state index is 11.1. The van der Waals surface area contributed by atoms with Crippen LogP contribution in [0.15, 0.2) is 97.3 Å². The van der Waals surface area contributed by atoms with Gasteiger partial charge < -0.3 is 35.4 Å². The number of aliphatic hydroxyl groups excluding tert-OH is 3. The number of carbonyl (C=O) groups is 1. The Morgan fingerprint density at radius 1 is 0.941 bits per heavy atom. The van der Waals surface area contributed by atoms with Crippen LogP contribution in [-0.2, 0) is 23.0 Å². The third-order valence-electron chi connectivity index (χ3n) is 8.54. The van der Waals surface area contributed by atoms with Crippen molar-refractivity contribution in [2.75, 3.05) is 30.0 Å². The zero-order chi connectivity index (χ0) is 35.7. The second-order valence-electron chi connectivity index (χ2n) is 11.8. The zero-order valence-electron chi connectivity index (χ0n) is 27.7. The first-order valence-corrected chi connectivity index (χ1v) is 16.2. The van der Waals surface area contributed by atoms with E-state index in [1.165, 1.54) is 11.1 Å². The molecule has 4 atom stereocenters. The molecule has 51 heavy (non-hydrogen) atoms. The van der Waals surface area contributed by atoms with Crippen LogP contribution in [0.4, 0.5) is 11.8 Å². The monoisotopic (exact) mass is 694 g/mol. The van der Waals surface area contributed by atoms with Gasteiger partial charge in [0, 0.05) is 19.0 Å². The van der Waals surface area contributed by atoms with Crippen molar-refractivity contribution >= 4 is 29.4 Å². The molecule has 264 valence electrons. The van der Waals surface area contributed by atoms with Gasteiger partial charge in [-0.2, -0.15) is 14.8 Å². The van der Waals surface area contributed by atoms with Crippen LogP contribution in [0, 0.1) is 0 Å². The summed E-state index contributed by atoms with van der Waals surface area (Å²) in [4.78, 5) is 25.6. The minimum atomic E-state index is -1.35. The van der Waals surface area contributed by atoms with Crippen molar-refractivity contribution in [3.63, 3.8) is 0 Å². The summed E-state index contributed by atoms with van der Waals surface area (Å²) in [5, 5.41) is 54.9. The summed E-state index contributed by atoms with van der Waals surface area (Å²) in [6.07, 6.45) is -2.61. The summed E-state index contributed by atoms with van der Waals surface area (Å²) >= 11 is 0. The first kappa shape index (κ1) is 35.0. The normalized spacial score (nSPS) is 18.4. The molecule has 16 nitrogen and oxygen atoms in total. The minimum absolute atomic E-state index is 0.00893. The molecule has 0 aliphatic carbocycles. The largest absolute Gasteiger partial charge is 0.483 e. The molecule has 0 saturated carbocycles. The molecular weight excluding hydrogens is 656 g/mol. The lowest BCUT2D eigenvalue weighted by molar-refractivity contribution is -0.122. The molecule has 7 rings (SSSR count). The first-order chi connectivity index (χ1) is 24.9. The van der Waals surface area contributed by atoms with Gasteiger partial charge >= 0.3 is 0 Å². The van der Waals surface area contributed by atoms with Gasteiger partial charge in [0.2, 0.25) is 11.8 Å². The van der Waals surface area contributed by atoms with Crippen molar-refractivity contribution in [1.29, 1.82) is 0 Å². The van der Waals surface area contributed by atoms with Crippen molar-refractivity contribution in [3.8, 4) is 0 Å². The number of tetrazole rings is 1. The number of anilines is 2. The number of hydrogen-bond donors (Lipinski definition) is 5. The number of imidazole rings is 1. The predicted octanol–water partition coefficient (Wildman–Crippen LogP) is 2.29. The number of benzene rings is 3. The molecule has 4 heterocycles. The Morgan fingerprint density at radius 2 is 1.57 bits per heavy atom. The topological polar surface area (TPSA) is 210 Å². The number of ether oxygens (including phenoxy) is 1. The highest BCUT2D eigenvalue weighted by Crippen LogP contribution is 2.39. The summed E-state index contributed by atoms with van der Waals surface area (Å²) in [7, 11) is 1.60. The molecule has 0 amide bonds. The first-order valence-electron chi connectivity index (χ1n) is 16.2. The minimum Gasteiger partial charge on any atom is -0.483 e. The maximum absolute atomic E-state index is 11.1. The number of aryl methyl sites for hydroxylation is 1. The second-order valence-corrected chi connectivity index (χ2v) is 11.8. The van der Waals surface area contributed by atoms with Gasteiger partial charge in [-0.05, 0) is 28.3 Å². The van der Waals surface area contributed by atoms with Gasteiger partial charge in [0.05, 0.1) is 13.4 Å². The number of hydrogen-bond acceptors (Lipinski definition) is 13. The molecule has 1 aliphatic rings. The quantitative estimate of drug-likeness (QED) is 0.0920. The van der Waals surface area contributed by atoms with Crippen LogP contribution < -0.4 is 10.2 Å². The van der Waals surface area contributed by atoms with Crippen molar-refractivity contribution in [2.24, 2.45) is 7.05 Å². The van der Waals surface area contributed by atoms with E-state index in [9.17, 15) is 15.3 Å². The van der Waals surface area contributed by atoms with E-state index in [0.717, 1.165) is 16.7 Å². The van der Waals surface area contributed by atoms with E-state index >= 15 is 0 Å². The van der Waals surface area contributed by atoms with E-state index in [4.69, 9.17) is 24.6 Å². The Hall–Kier alpha value is -5.81. The number of rotatable bonds is 12. The second kappa shape index (κ2) is 16.3. The lowest BCUT2D eigenvalue weighted by Gasteiger charge is -2.23. The summed E-state index contributed by atoms with van der Waals surface area (Å²) < 4.78 is 7.69. The number of nitrogens with zero attached hydrogens (tertiary/aromatic N) is 9. The molecule has 1 aliphatic heterocycles. The molecule has 0 bridgehead atoms. The number of nitrogens with one attached hydrogen (secondary N) is 1. The number of aromatic nitrogens is 8. The molecule has 6 aromatic rings. The molecule has 16 heteroatoms. The van der Waals surface area contributed by atoms with Gasteiger partial charge in [-0.25, -0.2) is 4.98 Å². The van der Waals surface area contributed by atoms with Crippen LogP contribution in [0.3, 0.4) is 0 Å². The van der Waals surface area contributed by atoms with Crippen LogP contribution in [0.25, 0.3) is 11.2 Å². The van der Waals surface area contributed by atoms with E-state index in [-0.39, 0.29) is 30.9 Å². The Morgan fingerprint density at radius 3 is 2.16 bits per heavy atom. The van der Waals surface area contributed by atoms with E-state index in [2.05, 4.69) is 50.0 Å². The molecule has 1 fully saturated rings. The molecular formula is C35H38N10O6. The standard InChI is InChI=1S/C34H36N10O4.CH2O2/c1-42-40-31(39-41-42)29-27(46)28(47)33(48-29)44-20-36-26-30(35-19-25(23-13-7-3-8-14-23)24-15-9-4-10-16-24)37-34(38-32(26)44)43(21-45)18-17-22-11-5-2-6-12-22;2-1-3/h2-16,20,25,27-29,33,45-47H,17-19,21H2,1H3,(H,35,37,38);1H,(H,2,3)/t27-,28+,29-,33+;/m0./s1. The van der Waals surface area contributed by atoms with Crippen molar-refractivity contribution < 1.29 is 30.0 Å². The zero-order valence-corrected chi connectivity index (χ0v) is 27.7. The molecule has 5 N–H and O–H groups in total. The molecule has 1 saturated heterocycles. The Labute approximate surface area is 292 Å². The number of fused-ring (bicyclic) bond motifs is 1. The van der Waals surface area contributed by atoms with E-state index in [1.807, 2.05) is 66.7 Å². The van der Waals surface area contributed by atoms with Gasteiger partial charge in [-0.3, -0.25) is 9.36 Å². The van der Waals surface area contributed by atoms with E-state index in [1.54, 1.807) is 16.5 Å². The molecule has 3 aromatic heterocycles. The number of aliphatic hydroxyl groups is 3. The third-order valence-corrected chi connectivity index (χ3v) is 8.54. The van der Waals surface area contributed by atoms with E-state index in [0.29, 0.717) is 36.5 Å². The lowest BCUT2D eigenvalue weighted by Crippen LogP contribution is -2.30. The fraction of sp³-hybridized carbons (Fsp3) is 0.286. The smallest absolute Gasteiger partial charge is 0.290 e. The van der Waals surface area contributed by atoms with Gasteiger partial charge in [0.25, 0.3) is 6.47 Å². The highest BCUT2D eigenvalue weighted by Gasteiger charge is 2.47. The van der Waals surface area contributed by atoms with E-state index < -0.39 is 24.5 Å². The fourth-order valence-electron chi connectivity index (χ4n) is 6.01. The van der Waals surface area contributed by atoms with Crippen LogP contribution in [0.1, 0.15) is 40.8 Å². The van der Waals surface area contributed by atoms with Crippen LogP contribution in [0.5, 0.6) is 0 Å². The van der Waals surface area contributed by atoms with Crippen molar-refractivity contribution in [1.82, 2.24) is 39.7 Å². The predicted molar refractivity (Wildman–Crippen MR) is 185 cm³/mol. The van der Waals surface area contributed by atoms with Gasteiger partial charge in [-0.15, -0.1) is 10.2 Å². The van der Waals surface area contributed by atoms with Gasteiger partial charge in [0.1, 0.15) is 18.9 Å². The molecule has 0 spiro atoms. The fourth-order valence-corrected chi connectivity index (χ4v) is 6.01.